The Labute approximate surface area is 151 Å². The molecule has 0 spiro atoms. The lowest BCUT2D eigenvalue weighted by Crippen LogP contribution is -2.26. The van der Waals surface area contributed by atoms with Crippen LogP contribution in [0.4, 0.5) is 0 Å². The molecule has 0 saturated heterocycles. The van der Waals surface area contributed by atoms with Gasteiger partial charge in [-0.05, 0) is 94.3 Å². The van der Waals surface area contributed by atoms with Crippen LogP contribution in [0, 0.1) is 23.7 Å². The van der Waals surface area contributed by atoms with Gasteiger partial charge in [-0.1, -0.05) is 38.8 Å². The zero-order chi connectivity index (χ0) is 17.0. The van der Waals surface area contributed by atoms with Crippen LogP contribution in [0.5, 0.6) is 0 Å². The standard InChI is InChI=1S/C23H42O/c1-3-5-6-7-8-9-20-10-14-22(15-11-20)23-16-12-21(13-17-23)19-24-18-4-2/h8-9,20-23H,3-7,10-19H2,1-2H3/b9-8+/t20-,21?,22-,23?. The Kier molecular flexibility index (Phi) is 10.1. The summed E-state index contributed by atoms with van der Waals surface area (Å²) in [5.41, 5.74) is 0. The van der Waals surface area contributed by atoms with Gasteiger partial charge in [0.25, 0.3) is 0 Å². The van der Waals surface area contributed by atoms with Crippen molar-refractivity contribution in [2.45, 2.75) is 97.3 Å². The molecule has 0 atom stereocenters. The van der Waals surface area contributed by atoms with E-state index in [1.807, 2.05) is 0 Å². The van der Waals surface area contributed by atoms with Crippen molar-refractivity contribution in [3.05, 3.63) is 12.2 Å². The van der Waals surface area contributed by atoms with Crippen molar-refractivity contribution >= 4 is 0 Å². The SMILES string of the molecule is CCCCC/C=C/[C@H]1CC[C@H](C2CCC(COCCC)CC2)CC1. The monoisotopic (exact) mass is 334 g/mol. The molecule has 0 radical (unpaired) electrons. The molecule has 0 aromatic rings. The van der Waals surface area contributed by atoms with E-state index in [0.717, 1.165) is 43.3 Å². The highest BCUT2D eigenvalue weighted by atomic mass is 16.5. The Bertz CT molecular complexity index is 319. The third-order valence-corrected chi connectivity index (χ3v) is 6.46. The molecule has 0 bridgehead atoms. The van der Waals surface area contributed by atoms with Crippen LogP contribution >= 0.6 is 0 Å². The van der Waals surface area contributed by atoms with Gasteiger partial charge in [-0.15, -0.1) is 0 Å². The smallest absolute Gasteiger partial charge is 0.0494 e. The first kappa shape index (κ1) is 20.0. The molecule has 0 aromatic heterocycles. The maximum Gasteiger partial charge on any atom is 0.0494 e. The van der Waals surface area contributed by atoms with Gasteiger partial charge in [-0.3, -0.25) is 0 Å². The molecule has 2 rings (SSSR count). The fourth-order valence-corrected chi connectivity index (χ4v) is 4.83. The average molecular weight is 335 g/mol. The number of ether oxygens (including phenoxy) is 1. The Morgan fingerprint density at radius 3 is 2.08 bits per heavy atom. The van der Waals surface area contributed by atoms with Crippen molar-refractivity contribution in [1.82, 2.24) is 0 Å². The van der Waals surface area contributed by atoms with E-state index in [9.17, 15) is 0 Å². The minimum absolute atomic E-state index is 0.857. The molecule has 140 valence electrons. The van der Waals surface area contributed by atoms with Gasteiger partial charge in [-0.25, -0.2) is 0 Å². The molecule has 2 fully saturated rings. The topological polar surface area (TPSA) is 9.23 Å². The number of unbranched alkanes of at least 4 members (excludes halogenated alkanes) is 3. The van der Waals surface area contributed by atoms with Gasteiger partial charge in [0.05, 0.1) is 0 Å². The molecule has 2 saturated carbocycles. The van der Waals surface area contributed by atoms with Gasteiger partial charge in [0.2, 0.25) is 0 Å². The largest absolute Gasteiger partial charge is 0.381 e. The zero-order valence-corrected chi connectivity index (χ0v) is 16.5. The Morgan fingerprint density at radius 2 is 1.46 bits per heavy atom. The van der Waals surface area contributed by atoms with Gasteiger partial charge < -0.3 is 4.74 Å². The zero-order valence-electron chi connectivity index (χ0n) is 16.5. The van der Waals surface area contributed by atoms with Gasteiger partial charge in [0.15, 0.2) is 0 Å². The van der Waals surface area contributed by atoms with Crippen molar-refractivity contribution in [3.8, 4) is 0 Å². The normalized spacial score (nSPS) is 31.6. The van der Waals surface area contributed by atoms with E-state index >= 15 is 0 Å². The van der Waals surface area contributed by atoms with Crippen molar-refractivity contribution < 1.29 is 4.74 Å². The van der Waals surface area contributed by atoms with Crippen LogP contribution in [0.1, 0.15) is 97.3 Å². The fourth-order valence-electron chi connectivity index (χ4n) is 4.83. The summed E-state index contributed by atoms with van der Waals surface area (Å²) in [5.74, 6) is 3.81. The van der Waals surface area contributed by atoms with Gasteiger partial charge in [0, 0.05) is 13.2 Å². The highest BCUT2D eigenvalue weighted by molar-refractivity contribution is 4.92. The first-order valence-electron chi connectivity index (χ1n) is 11.1. The van der Waals surface area contributed by atoms with Crippen LogP contribution in [0.15, 0.2) is 12.2 Å². The minimum atomic E-state index is 0.857. The molecule has 0 unspecified atom stereocenters. The molecule has 1 nitrogen and oxygen atoms in total. The van der Waals surface area contributed by atoms with Crippen LogP contribution in [-0.4, -0.2) is 13.2 Å². The molecule has 0 aromatic carbocycles. The molecular weight excluding hydrogens is 292 g/mol. The maximum atomic E-state index is 5.77. The summed E-state index contributed by atoms with van der Waals surface area (Å²) in [6.45, 7) is 6.47. The van der Waals surface area contributed by atoms with E-state index in [0.29, 0.717) is 0 Å². The van der Waals surface area contributed by atoms with E-state index in [-0.39, 0.29) is 0 Å². The summed E-state index contributed by atoms with van der Waals surface area (Å²) in [5, 5.41) is 0. The molecular formula is C23H42O. The fraction of sp³-hybridized carbons (Fsp3) is 0.913. The van der Waals surface area contributed by atoms with Crippen LogP contribution in [0.25, 0.3) is 0 Å². The minimum Gasteiger partial charge on any atom is -0.381 e. The van der Waals surface area contributed by atoms with Crippen LogP contribution < -0.4 is 0 Å². The summed E-state index contributed by atoms with van der Waals surface area (Å²) in [6, 6.07) is 0. The average Bonchev–Trinajstić information content (AvgIpc) is 2.63. The molecule has 2 aliphatic rings. The van der Waals surface area contributed by atoms with Crippen molar-refractivity contribution in [3.63, 3.8) is 0 Å². The second-order valence-corrected chi connectivity index (χ2v) is 8.45. The van der Waals surface area contributed by atoms with Crippen molar-refractivity contribution in [2.24, 2.45) is 23.7 Å². The summed E-state index contributed by atoms with van der Waals surface area (Å²) in [6.07, 6.45) is 23.3. The first-order chi connectivity index (χ1) is 11.8. The first-order valence-corrected chi connectivity index (χ1v) is 11.1. The number of allylic oxidation sites excluding steroid dienone is 2. The molecule has 24 heavy (non-hydrogen) atoms. The van der Waals surface area contributed by atoms with E-state index in [4.69, 9.17) is 4.74 Å². The van der Waals surface area contributed by atoms with Crippen molar-refractivity contribution in [1.29, 1.82) is 0 Å². The summed E-state index contributed by atoms with van der Waals surface area (Å²) in [4.78, 5) is 0. The van der Waals surface area contributed by atoms with E-state index in [2.05, 4.69) is 26.0 Å². The van der Waals surface area contributed by atoms with Crippen LogP contribution in [0.2, 0.25) is 0 Å². The summed E-state index contributed by atoms with van der Waals surface area (Å²) in [7, 11) is 0. The quantitative estimate of drug-likeness (QED) is 0.304. The lowest BCUT2D eigenvalue weighted by Gasteiger charge is -2.37. The molecule has 0 N–H and O–H groups in total. The van der Waals surface area contributed by atoms with E-state index < -0.39 is 0 Å². The van der Waals surface area contributed by atoms with Gasteiger partial charge in [-0.2, -0.15) is 0 Å². The number of hydrogen-bond acceptors (Lipinski definition) is 1. The highest BCUT2D eigenvalue weighted by Gasteiger charge is 2.30. The Balaban J connectivity index is 1.58. The second kappa shape index (κ2) is 12.1. The Hall–Kier alpha value is -0.300. The van der Waals surface area contributed by atoms with Gasteiger partial charge >= 0.3 is 0 Å². The van der Waals surface area contributed by atoms with Crippen LogP contribution in [-0.2, 0) is 4.74 Å². The summed E-state index contributed by atoms with van der Waals surface area (Å²) >= 11 is 0. The van der Waals surface area contributed by atoms with E-state index in [1.54, 1.807) is 0 Å². The van der Waals surface area contributed by atoms with Crippen LogP contribution in [0.3, 0.4) is 0 Å². The lowest BCUT2D eigenvalue weighted by molar-refractivity contribution is 0.0662. The third-order valence-electron chi connectivity index (χ3n) is 6.46. The Morgan fingerprint density at radius 1 is 0.792 bits per heavy atom. The predicted molar refractivity (Wildman–Crippen MR) is 105 cm³/mol. The second-order valence-electron chi connectivity index (χ2n) is 8.45. The number of hydrogen-bond donors (Lipinski definition) is 0. The highest BCUT2D eigenvalue weighted by Crippen LogP contribution is 2.41. The lowest BCUT2D eigenvalue weighted by atomic mass is 9.69. The molecule has 0 aliphatic heterocycles. The predicted octanol–water partition coefficient (Wildman–Crippen LogP) is 7.16. The molecule has 0 amide bonds. The summed E-state index contributed by atoms with van der Waals surface area (Å²) < 4.78 is 5.77. The third kappa shape index (κ3) is 7.30. The number of rotatable bonds is 10. The van der Waals surface area contributed by atoms with E-state index in [1.165, 1.54) is 77.0 Å². The van der Waals surface area contributed by atoms with Gasteiger partial charge in [0.1, 0.15) is 0 Å². The molecule has 2 aliphatic carbocycles. The maximum absolute atomic E-state index is 5.77. The molecule has 0 heterocycles. The molecule has 1 heteroatoms. The van der Waals surface area contributed by atoms with Crippen molar-refractivity contribution in [2.75, 3.05) is 13.2 Å².